The maximum Gasteiger partial charge on any atom is 0.180 e. The third-order valence-electron chi connectivity index (χ3n) is 3.84. The fourth-order valence-electron chi connectivity index (χ4n) is 2.65. The first-order valence-corrected chi connectivity index (χ1v) is 7.22. The van der Waals surface area contributed by atoms with Gasteiger partial charge in [0.15, 0.2) is 6.29 Å². The van der Waals surface area contributed by atoms with Crippen LogP contribution in [0.3, 0.4) is 0 Å². The lowest BCUT2D eigenvalue weighted by Crippen LogP contribution is -2.60. The molecule has 0 spiro atoms. The molecule has 0 aromatic heterocycles. The zero-order valence-corrected chi connectivity index (χ0v) is 13.0. The number of piperidine rings is 1. The van der Waals surface area contributed by atoms with E-state index >= 15 is 0 Å². The number of aliphatic hydroxyl groups is 2. The molecule has 6 heteroatoms. The van der Waals surface area contributed by atoms with Gasteiger partial charge in [-0.1, -0.05) is 0 Å². The average Bonchev–Trinajstić information content (AvgIpc) is 2.36. The van der Waals surface area contributed by atoms with E-state index in [2.05, 4.69) is 0 Å². The molecule has 1 heterocycles. The first kappa shape index (κ1) is 17.8. The number of hydroxylamine groups is 2. The Hall–Kier alpha value is -0.240. The molecule has 3 unspecified atom stereocenters. The summed E-state index contributed by atoms with van der Waals surface area (Å²) < 4.78 is 10.8. The molecule has 1 aliphatic heterocycles. The van der Waals surface area contributed by atoms with Crippen LogP contribution in [-0.2, 0) is 9.47 Å². The molecular weight excluding hydrogens is 262 g/mol. The van der Waals surface area contributed by atoms with Crippen molar-refractivity contribution in [1.82, 2.24) is 5.06 Å². The lowest BCUT2D eigenvalue weighted by atomic mass is 9.81. The molecule has 1 rings (SSSR count). The van der Waals surface area contributed by atoms with Gasteiger partial charge in [0.2, 0.25) is 0 Å². The highest BCUT2D eigenvalue weighted by atomic mass is 16.7. The van der Waals surface area contributed by atoms with E-state index in [0.717, 1.165) is 19.3 Å². The Morgan fingerprint density at radius 1 is 1.20 bits per heavy atom. The number of rotatable bonds is 7. The highest BCUT2D eigenvalue weighted by molar-refractivity contribution is 4.95. The molecule has 1 fully saturated rings. The molecule has 0 aliphatic carbocycles. The van der Waals surface area contributed by atoms with E-state index in [0.29, 0.717) is 0 Å². The van der Waals surface area contributed by atoms with Gasteiger partial charge in [-0.15, -0.1) is 0 Å². The Kier molecular flexibility index (Phi) is 6.37. The second-order valence-electron chi connectivity index (χ2n) is 6.58. The lowest BCUT2D eigenvalue weighted by molar-refractivity contribution is -0.276. The minimum Gasteiger partial charge on any atom is -0.391 e. The second kappa shape index (κ2) is 7.15. The number of ether oxygens (including phenoxy) is 2. The molecule has 0 aromatic carbocycles. The molecule has 120 valence electrons. The summed E-state index contributed by atoms with van der Waals surface area (Å²) in [5.41, 5.74) is -0.783. The van der Waals surface area contributed by atoms with Crippen molar-refractivity contribution in [2.45, 2.75) is 70.4 Å². The monoisotopic (exact) mass is 291 g/mol. The van der Waals surface area contributed by atoms with E-state index in [4.69, 9.17) is 14.6 Å². The molecular formula is C14H29NO5. The van der Waals surface area contributed by atoms with Gasteiger partial charge < -0.3 is 24.9 Å². The van der Waals surface area contributed by atoms with Crippen molar-refractivity contribution in [2.24, 2.45) is 0 Å². The van der Waals surface area contributed by atoms with Crippen molar-refractivity contribution in [3.05, 3.63) is 0 Å². The lowest BCUT2D eigenvalue weighted by Gasteiger charge is -2.50. The fraction of sp³-hybridized carbons (Fsp3) is 1.00. The summed E-state index contributed by atoms with van der Waals surface area (Å²) in [6.45, 7) is 7.63. The average molecular weight is 291 g/mol. The molecule has 1 saturated heterocycles. The van der Waals surface area contributed by atoms with Crippen LogP contribution in [0.2, 0.25) is 0 Å². The summed E-state index contributed by atoms with van der Waals surface area (Å²) in [5.74, 6) is 0. The van der Waals surface area contributed by atoms with Crippen LogP contribution in [0, 0.1) is 0 Å². The largest absolute Gasteiger partial charge is 0.391 e. The van der Waals surface area contributed by atoms with Crippen molar-refractivity contribution in [3.8, 4) is 0 Å². The standard InChI is InChI=1S/C14H29NO5/c1-11(17)9-19-12(8-16)20-10-14(4)7-5-6-13(2,3)15(14)18/h11-12,16-18H,5-10H2,1-4H3. The second-order valence-corrected chi connectivity index (χ2v) is 6.58. The van der Waals surface area contributed by atoms with Crippen LogP contribution < -0.4 is 0 Å². The zero-order chi connectivity index (χ0) is 15.4. The van der Waals surface area contributed by atoms with Gasteiger partial charge in [-0.3, -0.25) is 0 Å². The van der Waals surface area contributed by atoms with E-state index in [1.807, 2.05) is 20.8 Å². The van der Waals surface area contributed by atoms with Gasteiger partial charge in [0.25, 0.3) is 0 Å². The Morgan fingerprint density at radius 3 is 2.40 bits per heavy atom. The van der Waals surface area contributed by atoms with Gasteiger partial charge in [-0.05, 0) is 47.0 Å². The topological polar surface area (TPSA) is 82.4 Å². The van der Waals surface area contributed by atoms with Crippen molar-refractivity contribution in [3.63, 3.8) is 0 Å². The minimum atomic E-state index is -0.778. The first-order valence-electron chi connectivity index (χ1n) is 7.22. The molecule has 0 aromatic rings. The van der Waals surface area contributed by atoms with Crippen LogP contribution in [0.25, 0.3) is 0 Å². The molecule has 0 saturated carbocycles. The molecule has 0 amide bonds. The molecule has 20 heavy (non-hydrogen) atoms. The third-order valence-corrected chi connectivity index (χ3v) is 3.84. The predicted molar refractivity (Wildman–Crippen MR) is 74.4 cm³/mol. The van der Waals surface area contributed by atoms with Gasteiger partial charge in [-0.2, -0.15) is 5.06 Å². The Bertz CT molecular complexity index is 297. The summed E-state index contributed by atoms with van der Waals surface area (Å²) in [6.07, 6.45) is 1.39. The minimum absolute atomic E-state index is 0.107. The summed E-state index contributed by atoms with van der Waals surface area (Å²) in [4.78, 5) is 0. The number of nitrogens with zero attached hydrogens (tertiary/aromatic N) is 1. The summed E-state index contributed by atoms with van der Waals surface area (Å²) in [5, 5.41) is 30.1. The van der Waals surface area contributed by atoms with Crippen LogP contribution in [-0.4, -0.2) is 63.8 Å². The summed E-state index contributed by atoms with van der Waals surface area (Å²) >= 11 is 0. The molecule has 3 atom stereocenters. The van der Waals surface area contributed by atoms with Gasteiger partial charge in [-0.25, -0.2) is 0 Å². The molecule has 1 aliphatic rings. The van der Waals surface area contributed by atoms with Gasteiger partial charge in [0.1, 0.15) is 0 Å². The maximum absolute atomic E-state index is 10.4. The quantitative estimate of drug-likeness (QED) is 0.610. The normalized spacial score (nSPS) is 30.1. The van der Waals surface area contributed by atoms with Crippen molar-refractivity contribution >= 4 is 0 Å². The summed E-state index contributed by atoms with van der Waals surface area (Å²) in [6, 6.07) is 0. The Morgan fingerprint density at radius 2 is 1.85 bits per heavy atom. The molecule has 6 nitrogen and oxygen atoms in total. The van der Waals surface area contributed by atoms with Crippen LogP contribution in [0.5, 0.6) is 0 Å². The van der Waals surface area contributed by atoms with Gasteiger partial charge in [0, 0.05) is 5.54 Å². The van der Waals surface area contributed by atoms with Crippen molar-refractivity contribution in [2.75, 3.05) is 19.8 Å². The van der Waals surface area contributed by atoms with Crippen LogP contribution in [0.1, 0.15) is 47.0 Å². The van der Waals surface area contributed by atoms with E-state index in [-0.39, 0.29) is 25.4 Å². The summed E-state index contributed by atoms with van der Waals surface area (Å²) in [7, 11) is 0. The van der Waals surface area contributed by atoms with Crippen molar-refractivity contribution in [1.29, 1.82) is 0 Å². The molecule has 0 radical (unpaired) electrons. The van der Waals surface area contributed by atoms with E-state index in [1.165, 1.54) is 5.06 Å². The number of hydrogen-bond donors (Lipinski definition) is 3. The highest BCUT2D eigenvalue weighted by Crippen LogP contribution is 2.37. The van der Waals surface area contributed by atoms with E-state index in [9.17, 15) is 10.3 Å². The molecule has 3 N–H and O–H groups in total. The number of aliphatic hydroxyl groups excluding tert-OH is 2. The maximum atomic E-state index is 10.4. The van der Waals surface area contributed by atoms with Gasteiger partial charge in [0.05, 0.1) is 31.5 Å². The fourth-order valence-corrected chi connectivity index (χ4v) is 2.65. The van der Waals surface area contributed by atoms with Crippen molar-refractivity contribution < 1.29 is 24.9 Å². The third kappa shape index (κ3) is 4.65. The SMILES string of the molecule is CC(O)COC(CO)OCC1(C)CCCC(C)(C)N1O. The smallest absolute Gasteiger partial charge is 0.180 e. The number of hydrogen-bond acceptors (Lipinski definition) is 6. The van der Waals surface area contributed by atoms with E-state index < -0.39 is 17.9 Å². The highest BCUT2D eigenvalue weighted by Gasteiger charge is 2.44. The Labute approximate surface area is 121 Å². The van der Waals surface area contributed by atoms with Crippen LogP contribution in [0.15, 0.2) is 0 Å². The Balaban J connectivity index is 2.53. The zero-order valence-electron chi connectivity index (χ0n) is 13.0. The van der Waals surface area contributed by atoms with Crippen LogP contribution >= 0.6 is 0 Å². The predicted octanol–water partition coefficient (Wildman–Crippen LogP) is 1.13. The molecule has 0 bridgehead atoms. The van der Waals surface area contributed by atoms with Gasteiger partial charge >= 0.3 is 0 Å². The first-order chi connectivity index (χ1) is 9.21. The van der Waals surface area contributed by atoms with Crippen LogP contribution in [0.4, 0.5) is 0 Å². The van der Waals surface area contributed by atoms with E-state index in [1.54, 1.807) is 6.92 Å².